The molecule has 0 atom stereocenters. The Hall–Kier alpha value is -1.03. The lowest BCUT2D eigenvalue weighted by Gasteiger charge is -2.02. The minimum atomic E-state index is -0.290. The van der Waals surface area contributed by atoms with Crippen LogP contribution in [0.15, 0.2) is 11.8 Å². The maximum absolute atomic E-state index is 11.0. The van der Waals surface area contributed by atoms with E-state index in [4.69, 9.17) is 10.5 Å². The molecule has 0 rings (SSSR count). The Balaban J connectivity index is 3.74. The van der Waals surface area contributed by atoms with Gasteiger partial charge < -0.3 is 15.8 Å². The van der Waals surface area contributed by atoms with Crippen molar-refractivity contribution in [1.29, 1.82) is 0 Å². The van der Waals surface area contributed by atoms with E-state index in [0.717, 1.165) is 0 Å². The smallest absolute Gasteiger partial charge is 0.335 e. The zero-order valence-electron chi connectivity index (χ0n) is 7.59. The lowest BCUT2D eigenvalue weighted by atomic mass is 10.3. The van der Waals surface area contributed by atoms with Crippen LogP contribution in [0.5, 0.6) is 0 Å². The molecule has 0 saturated heterocycles. The van der Waals surface area contributed by atoms with E-state index in [0.29, 0.717) is 25.3 Å². The van der Waals surface area contributed by atoms with Gasteiger partial charge in [-0.2, -0.15) is 0 Å². The number of esters is 1. The largest absolute Gasteiger partial charge is 0.463 e. The summed E-state index contributed by atoms with van der Waals surface area (Å²) in [5.74, 6) is -0.290. The highest BCUT2D eigenvalue weighted by Crippen LogP contribution is 1.93. The molecule has 12 heavy (non-hydrogen) atoms. The predicted molar refractivity (Wildman–Crippen MR) is 47.4 cm³/mol. The first-order valence-electron chi connectivity index (χ1n) is 3.99. The zero-order chi connectivity index (χ0) is 9.40. The van der Waals surface area contributed by atoms with Gasteiger partial charge in [0.1, 0.15) is 0 Å². The van der Waals surface area contributed by atoms with Crippen molar-refractivity contribution in [1.82, 2.24) is 5.32 Å². The van der Waals surface area contributed by atoms with E-state index in [1.165, 1.54) is 0 Å². The number of carbonyl (C=O) groups is 1. The zero-order valence-corrected chi connectivity index (χ0v) is 7.59. The second kappa shape index (κ2) is 6.67. The maximum Gasteiger partial charge on any atom is 0.335 e. The Kier molecular flexibility index (Phi) is 6.09. The summed E-state index contributed by atoms with van der Waals surface area (Å²) in [6, 6.07) is 0. The van der Waals surface area contributed by atoms with E-state index in [1.807, 2.05) is 0 Å². The fraction of sp³-hybridized carbons (Fsp3) is 0.625. The molecule has 3 N–H and O–H groups in total. The second-order valence-electron chi connectivity index (χ2n) is 2.29. The van der Waals surface area contributed by atoms with Crippen molar-refractivity contribution in [2.24, 2.45) is 5.73 Å². The molecule has 70 valence electrons. The standard InChI is InChI=1S/C8H16N2O2/c1-3-12-8(11)7(2)6-10-5-4-9/h6,10H,3-5,9H2,1-2H3. The summed E-state index contributed by atoms with van der Waals surface area (Å²) in [4.78, 5) is 11.0. The van der Waals surface area contributed by atoms with Gasteiger partial charge in [-0.15, -0.1) is 0 Å². The summed E-state index contributed by atoms with van der Waals surface area (Å²) in [6.45, 7) is 5.09. The minimum Gasteiger partial charge on any atom is -0.463 e. The molecule has 0 aliphatic rings. The van der Waals surface area contributed by atoms with Gasteiger partial charge in [-0.3, -0.25) is 0 Å². The molecule has 0 radical (unpaired) electrons. The molecule has 0 aromatic rings. The van der Waals surface area contributed by atoms with E-state index in [-0.39, 0.29) is 5.97 Å². The van der Waals surface area contributed by atoms with Gasteiger partial charge in [-0.05, 0) is 13.8 Å². The van der Waals surface area contributed by atoms with Crippen LogP contribution >= 0.6 is 0 Å². The highest BCUT2D eigenvalue weighted by molar-refractivity contribution is 5.87. The molecule has 4 nitrogen and oxygen atoms in total. The summed E-state index contributed by atoms with van der Waals surface area (Å²) >= 11 is 0. The van der Waals surface area contributed by atoms with Crippen LogP contribution in [0.3, 0.4) is 0 Å². The maximum atomic E-state index is 11.0. The van der Waals surface area contributed by atoms with Gasteiger partial charge in [-0.1, -0.05) is 0 Å². The summed E-state index contributed by atoms with van der Waals surface area (Å²) in [5, 5.41) is 2.89. The first-order valence-corrected chi connectivity index (χ1v) is 3.99. The van der Waals surface area contributed by atoms with Gasteiger partial charge in [0.2, 0.25) is 0 Å². The van der Waals surface area contributed by atoms with Gasteiger partial charge in [0, 0.05) is 24.9 Å². The number of carbonyl (C=O) groups excluding carboxylic acids is 1. The molecule has 0 aliphatic carbocycles. The monoisotopic (exact) mass is 172 g/mol. The molecule has 0 aliphatic heterocycles. The van der Waals surface area contributed by atoms with Crippen LogP contribution in [-0.4, -0.2) is 25.7 Å². The van der Waals surface area contributed by atoms with E-state index >= 15 is 0 Å². The Morgan fingerprint density at radius 1 is 1.67 bits per heavy atom. The topological polar surface area (TPSA) is 64.3 Å². The molecular formula is C8H16N2O2. The van der Waals surface area contributed by atoms with Gasteiger partial charge >= 0.3 is 5.97 Å². The highest BCUT2D eigenvalue weighted by atomic mass is 16.5. The van der Waals surface area contributed by atoms with Crippen LogP contribution in [0.4, 0.5) is 0 Å². The highest BCUT2D eigenvalue weighted by Gasteiger charge is 2.02. The molecule has 0 unspecified atom stereocenters. The molecule has 0 amide bonds. The van der Waals surface area contributed by atoms with Crippen LogP contribution in [0.2, 0.25) is 0 Å². The molecule has 4 heteroatoms. The molecule has 0 aromatic carbocycles. The van der Waals surface area contributed by atoms with Crippen molar-refractivity contribution in [3.05, 3.63) is 11.8 Å². The minimum absolute atomic E-state index is 0.290. The summed E-state index contributed by atoms with van der Waals surface area (Å²) in [6.07, 6.45) is 1.62. The normalized spacial score (nSPS) is 11.1. The molecular weight excluding hydrogens is 156 g/mol. The van der Waals surface area contributed by atoms with E-state index in [9.17, 15) is 4.79 Å². The first kappa shape index (κ1) is 11.0. The summed E-state index contributed by atoms with van der Waals surface area (Å²) in [5.41, 5.74) is 5.80. The average Bonchev–Trinajstić information content (AvgIpc) is 2.05. The van der Waals surface area contributed by atoms with Crippen LogP contribution in [0, 0.1) is 0 Å². The van der Waals surface area contributed by atoms with Crippen molar-refractivity contribution in [3.63, 3.8) is 0 Å². The molecule has 0 bridgehead atoms. The molecule has 0 aromatic heterocycles. The lowest BCUT2D eigenvalue weighted by molar-refractivity contribution is -0.138. The number of ether oxygens (including phenoxy) is 1. The van der Waals surface area contributed by atoms with Gasteiger partial charge in [0.25, 0.3) is 0 Å². The quantitative estimate of drug-likeness (QED) is 0.348. The van der Waals surface area contributed by atoms with E-state index in [2.05, 4.69) is 5.32 Å². The second-order valence-corrected chi connectivity index (χ2v) is 2.29. The molecule has 0 heterocycles. The number of nitrogens with one attached hydrogen (secondary N) is 1. The number of hydrogen-bond acceptors (Lipinski definition) is 4. The number of hydrogen-bond donors (Lipinski definition) is 2. The Morgan fingerprint density at radius 3 is 2.83 bits per heavy atom. The van der Waals surface area contributed by atoms with Crippen molar-refractivity contribution in [3.8, 4) is 0 Å². The van der Waals surface area contributed by atoms with Crippen LogP contribution in [0.1, 0.15) is 13.8 Å². The van der Waals surface area contributed by atoms with E-state index < -0.39 is 0 Å². The number of rotatable bonds is 5. The Labute approximate surface area is 72.8 Å². The average molecular weight is 172 g/mol. The van der Waals surface area contributed by atoms with E-state index in [1.54, 1.807) is 20.0 Å². The van der Waals surface area contributed by atoms with Gasteiger partial charge in [0.15, 0.2) is 0 Å². The third kappa shape index (κ3) is 4.73. The summed E-state index contributed by atoms with van der Waals surface area (Å²) in [7, 11) is 0. The molecule has 0 fully saturated rings. The van der Waals surface area contributed by atoms with Gasteiger partial charge in [-0.25, -0.2) is 4.79 Å². The third-order valence-electron chi connectivity index (χ3n) is 1.20. The SMILES string of the molecule is CCOC(=O)C(C)=CNCCN. The fourth-order valence-corrected chi connectivity index (χ4v) is 0.612. The Bertz CT molecular complexity index is 166. The van der Waals surface area contributed by atoms with Crippen molar-refractivity contribution < 1.29 is 9.53 Å². The number of nitrogens with two attached hydrogens (primary N) is 1. The van der Waals surface area contributed by atoms with Crippen molar-refractivity contribution >= 4 is 5.97 Å². The third-order valence-corrected chi connectivity index (χ3v) is 1.20. The lowest BCUT2D eigenvalue weighted by Crippen LogP contribution is -2.18. The molecule has 0 spiro atoms. The van der Waals surface area contributed by atoms with Crippen LogP contribution < -0.4 is 11.1 Å². The molecule has 0 saturated carbocycles. The van der Waals surface area contributed by atoms with Crippen molar-refractivity contribution in [2.45, 2.75) is 13.8 Å². The van der Waals surface area contributed by atoms with Crippen molar-refractivity contribution in [2.75, 3.05) is 19.7 Å². The van der Waals surface area contributed by atoms with Crippen LogP contribution in [0.25, 0.3) is 0 Å². The first-order chi connectivity index (χ1) is 5.72. The van der Waals surface area contributed by atoms with Gasteiger partial charge in [0.05, 0.1) is 6.61 Å². The fourth-order valence-electron chi connectivity index (χ4n) is 0.612. The Morgan fingerprint density at radius 2 is 2.33 bits per heavy atom. The van der Waals surface area contributed by atoms with Crippen LogP contribution in [-0.2, 0) is 9.53 Å². The predicted octanol–water partition coefficient (Wildman–Crippen LogP) is 0.00160. The summed E-state index contributed by atoms with van der Waals surface area (Å²) < 4.78 is 4.76.